The van der Waals surface area contributed by atoms with Crippen LogP contribution in [0.25, 0.3) is 0 Å². The van der Waals surface area contributed by atoms with E-state index in [0.717, 1.165) is 12.3 Å². The first kappa shape index (κ1) is 28.6. The van der Waals surface area contributed by atoms with Gasteiger partial charge in [-0.3, -0.25) is 29.0 Å². The number of benzene rings is 1. The van der Waals surface area contributed by atoms with Crippen LogP contribution < -0.4 is 21.3 Å². The minimum Gasteiger partial charge on any atom is -0.353 e. The molecule has 3 atom stereocenters. The number of likely N-dealkylation sites (N-methyl/N-ethyl adjacent to an activating group) is 1. The molecule has 1 saturated heterocycles. The van der Waals surface area contributed by atoms with Gasteiger partial charge in [0.2, 0.25) is 11.7 Å². The SMILES string of the molecule is CNC(=O)C(=O)[C@H](C[C@@H]1C[C@@H](C)NC1=O)NC(=O)c1cc(Cl)ccc1NC(=O)c1ccnc(C(F)(F)F)c1. The topological polar surface area (TPSA) is 146 Å². The maximum Gasteiger partial charge on any atom is 0.433 e. The Morgan fingerprint density at radius 3 is 2.47 bits per heavy atom. The maximum atomic E-state index is 13.2. The number of aromatic nitrogens is 1. The van der Waals surface area contributed by atoms with Crippen molar-refractivity contribution in [3.8, 4) is 0 Å². The average molecular weight is 554 g/mol. The van der Waals surface area contributed by atoms with E-state index in [2.05, 4.69) is 26.3 Å². The molecular formula is C24H23ClF3N5O5. The molecule has 10 nitrogen and oxygen atoms in total. The van der Waals surface area contributed by atoms with Crippen molar-refractivity contribution >= 4 is 46.7 Å². The lowest BCUT2D eigenvalue weighted by Gasteiger charge is -2.20. The largest absolute Gasteiger partial charge is 0.433 e. The van der Waals surface area contributed by atoms with E-state index >= 15 is 0 Å². The van der Waals surface area contributed by atoms with Crippen molar-refractivity contribution in [1.82, 2.24) is 20.9 Å². The minimum absolute atomic E-state index is 0.0783. The summed E-state index contributed by atoms with van der Waals surface area (Å²) in [7, 11) is 1.23. The van der Waals surface area contributed by atoms with Crippen LogP contribution in [0.5, 0.6) is 0 Å². The van der Waals surface area contributed by atoms with Gasteiger partial charge in [-0.2, -0.15) is 13.2 Å². The molecular weight excluding hydrogens is 531 g/mol. The van der Waals surface area contributed by atoms with E-state index in [1.54, 1.807) is 6.92 Å². The number of carbonyl (C=O) groups is 5. The third kappa shape index (κ3) is 6.85. The molecule has 4 amide bonds. The molecule has 202 valence electrons. The normalized spacial score (nSPS) is 17.8. The Balaban J connectivity index is 1.86. The van der Waals surface area contributed by atoms with Gasteiger partial charge in [-0.05, 0) is 50.1 Å². The number of hydrogen-bond donors (Lipinski definition) is 4. The highest BCUT2D eigenvalue weighted by Gasteiger charge is 2.36. The molecule has 14 heteroatoms. The van der Waals surface area contributed by atoms with Crippen LogP contribution in [-0.2, 0) is 20.6 Å². The molecule has 4 N–H and O–H groups in total. The number of anilines is 1. The lowest BCUT2D eigenvalue weighted by molar-refractivity contribution is -0.141. The summed E-state index contributed by atoms with van der Waals surface area (Å²) in [5.41, 5.74) is -2.00. The second-order valence-electron chi connectivity index (χ2n) is 8.62. The van der Waals surface area contributed by atoms with Crippen LogP contribution in [0, 0.1) is 5.92 Å². The first-order valence-electron chi connectivity index (χ1n) is 11.3. The fourth-order valence-corrected chi connectivity index (χ4v) is 4.10. The number of amides is 4. The standard InChI is InChI=1S/C24H23ClF3N5O5/c1-11-7-13(21(36)31-11)8-17(19(34)23(38)29-2)33-22(37)15-10-14(25)3-4-16(15)32-20(35)12-5-6-30-18(9-12)24(26,27)28/h3-6,9-11,13,17H,7-8H2,1-2H3,(H,29,38)(H,31,36)(H,32,35)(H,33,37)/t11-,13+,17+/m1/s1. The number of ketones is 1. The highest BCUT2D eigenvalue weighted by Crippen LogP contribution is 2.28. The molecule has 0 bridgehead atoms. The lowest BCUT2D eigenvalue weighted by atomic mass is 9.93. The Bertz CT molecular complexity index is 1290. The third-order valence-corrected chi connectivity index (χ3v) is 6.01. The average Bonchev–Trinajstić information content (AvgIpc) is 3.19. The number of halogens is 4. The van der Waals surface area contributed by atoms with Gasteiger partial charge >= 0.3 is 6.18 Å². The molecule has 1 aromatic heterocycles. The van der Waals surface area contributed by atoms with Crippen molar-refractivity contribution in [2.45, 2.75) is 38.0 Å². The molecule has 0 radical (unpaired) electrons. The van der Waals surface area contributed by atoms with Gasteiger partial charge in [0.05, 0.1) is 17.3 Å². The minimum atomic E-state index is -4.78. The zero-order valence-electron chi connectivity index (χ0n) is 20.1. The Morgan fingerprint density at radius 1 is 1.16 bits per heavy atom. The van der Waals surface area contributed by atoms with Gasteiger partial charge in [0.25, 0.3) is 17.7 Å². The summed E-state index contributed by atoms with van der Waals surface area (Å²) in [6.07, 6.45) is -3.73. The van der Waals surface area contributed by atoms with Gasteiger partial charge in [0.15, 0.2) is 0 Å². The van der Waals surface area contributed by atoms with Crippen molar-refractivity contribution in [1.29, 1.82) is 0 Å². The Hall–Kier alpha value is -4.00. The van der Waals surface area contributed by atoms with Crippen LogP contribution in [-0.4, -0.2) is 53.5 Å². The van der Waals surface area contributed by atoms with Gasteiger partial charge < -0.3 is 21.3 Å². The number of carbonyl (C=O) groups excluding carboxylic acids is 5. The van der Waals surface area contributed by atoms with Crippen molar-refractivity contribution in [2.75, 3.05) is 12.4 Å². The molecule has 1 aliphatic heterocycles. The molecule has 1 fully saturated rings. The van der Waals surface area contributed by atoms with E-state index in [1.165, 1.54) is 25.2 Å². The number of Topliss-reactive ketones (excluding diaryl/α,β-unsaturated/α-hetero) is 1. The van der Waals surface area contributed by atoms with E-state index in [9.17, 15) is 37.1 Å². The number of alkyl halides is 3. The van der Waals surface area contributed by atoms with Crippen LogP contribution in [0.1, 0.15) is 46.2 Å². The molecule has 1 aromatic carbocycles. The van der Waals surface area contributed by atoms with Crippen molar-refractivity contribution in [3.63, 3.8) is 0 Å². The van der Waals surface area contributed by atoms with Gasteiger partial charge in [0.1, 0.15) is 5.69 Å². The third-order valence-electron chi connectivity index (χ3n) is 5.78. The maximum absolute atomic E-state index is 13.2. The Labute approximate surface area is 219 Å². The Morgan fingerprint density at radius 2 is 1.87 bits per heavy atom. The highest BCUT2D eigenvalue weighted by molar-refractivity contribution is 6.38. The van der Waals surface area contributed by atoms with E-state index in [0.29, 0.717) is 12.5 Å². The summed E-state index contributed by atoms with van der Waals surface area (Å²) < 4.78 is 39.0. The van der Waals surface area contributed by atoms with Crippen molar-refractivity contribution in [3.05, 3.63) is 58.4 Å². The second-order valence-corrected chi connectivity index (χ2v) is 9.06. The van der Waals surface area contributed by atoms with Crippen LogP contribution in [0.4, 0.5) is 18.9 Å². The summed E-state index contributed by atoms with van der Waals surface area (Å²) in [5.74, 6) is -4.83. The monoisotopic (exact) mass is 553 g/mol. The van der Waals surface area contributed by atoms with Crippen molar-refractivity contribution < 1.29 is 37.1 Å². The molecule has 3 rings (SSSR count). The molecule has 2 aromatic rings. The summed E-state index contributed by atoms with van der Waals surface area (Å²) in [4.78, 5) is 66.0. The van der Waals surface area contributed by atoms with Crippen molar-refractivity contribution in [2.24, 2.45) is 5.92 Å². The number of hydrogen-bond acceptors (Lipinski definition) is 6. The Kier molecular flexibility index (Phi) is 8.71. The first-order valence-corrected chi connectivity index (χ1v) is 11.7. The predicted octanol–water partition coefficient (Wildman–Crippen LogP) is 2.33. The van der Waals surface area contributed by atoms with Gasteiger partial charge in [-0.15, -0.1) is 0 Å². The molecule has 1 aliphatic rings. The number of nitrogens with zero attached hydrogens (tertiary/aromatic N) is 1. The fourth-order valence-electron chi connectivity index (χ4n) is 3.92. The van der Waals surface area contributed by atoms with Gasteiger partial charge in [-0.25, -0.2) is 0 Å². The number of pyridine rings is 1. The van der Waals surface area contributed by atoms with Gasteiger partial charge in [-0.1, -0.05) is 11.6 Å². The van der Waals surface area contributed by atoms with E-state index in [1.807, 2.05) is 0 Å². The van der Waals surface area contributed by atoms with Gasteiger partial charge in [0, 0.05) is 35.8 Å². The lowest BCUT2D eigenvalue weighted by Crippen LogP contribution is -2.48. The molecule has 0 saturated carbocycles. The smallest absolute Gasteiger partial charge is 0.353 e. The fraction of sp³-hybridized carbons (Fsp3) is 0.333. The summed E-state index contributed by atoms with van der Waals surface area (Å²) in [6.45, 7) is 1.77. The van der Waals surface area contributed by atoms with E-state index in [-0.39, 0.29) is 40.2 Å². The quantitative estimate of drug-likeness (QED) is 0.369. The molecule has 38 heavy (non-hydrogen) atoms. The van der Waals surface area contributed by atoms with E-state index < -0.39 is 47.3 Å². The van der Waals surface area contributed by atoms with E-state index in [4.69, 9.17) is 11.6 Å². The first-order chi connectivity index (χ1) is 17.8. The zero-order chi connectivity index (χ0) is 28.2. The molecule has 2 heterocycles. The highest BCUT2D eigenvalue weighted by atomic mass is 35.5. The van der Waals surface area contributed by atoms with Crippen LogP contribution in [0.2, 0.25) is 5.02 Å². The summed E-state index contributed by atoms with van der Waals surface area (Å²) in [6, 6.07) is 3.83. The second kappa shape index (κ2) is 11.6. The van der Waals surface area contributed by atoms with Crippen LogP contribution >= 0.6 is 11.6 Å². The summed E-state index contributed by atoms with van der Waals surface area (Å²) in [5, 5.41) is 9.74. The predicted molar refractivity (Wildman–Crippen MR) is 129 cm³/mol. The summed E-state index contributed by atoms with van der Waals surface area (Å²) >= 11 is 6.02. The number of nitrogens with one attached hydrogen (secondary N) is 4. The van der Waals surface area contributed by atoms with Crippen LogP contribution in [0.15, 0.2) is 36.5 Å². The van der Waals surface area contributed by atoms with Crippen LogP contribution in [0.3, 0.4) is 0 Å². The molecule has 0 aliphatic carbocycles. The molecule has 0 unspecified atom stereocenters. The number of rotatable bonds is 8. The zero-order valence-corrected chi connectivity index (χ0v) is 20.9. The molecule has 0 spiro atoms.